The largest absolute Gasteiger partial charge is 0.492 e. The maximum Gasteiger partial charge on any atom is 0.178 e. The molecule has 1 aliphatic rings. The number of carbonyl (C=O) groups is 1. The van der Waals surface area contributed by atoms with E-state index < -0.39 is 0 Å². The third-order valence-electron chi connectivity index (χ3n) is 4.11. The molecule has 0 spiro atoms. The Labute approximate surface area is 133 Å². The number of ketones is 1. The van der Waals surface area contributed by atoms with Gasteiger partial charge in [-0.05, 0) is 34.5 Å². The molecule has 0 aliphatic carbocycles. The van der Waals surface area contributed by atoms with Crippen LogP contribution in [0.15, 0.2) is 60.7 Å². The molecular weight excluding hydrogens is 296 g/mol. The molecule has 1 atom stereocenters. The highest BCUT2D eigenvalue weighted by atomic mass is 35.5. The van der Waals surface area contributed by atoms with Crippen LogP contribution in [0.4, 0.5) is 0 Å². The molecular formula is C19H13ClO2. The molecule has 2 nitrogen and oxygen atoms in total. The number of ether oxygens (including phenoxy) is 1. The highest BCUT2D eigenvalue weighted by Crippen LogP contribution is 2.37. The molecule has 4 rings (SSSR count). The van der Waals surface area contributed by atoms with Gasteiger partial charge in [0.05, 0.1) is 11.5 Å². The Hall–Kier alpha value is -2.32. The van der Waals surface area contributed by atoms with Gasteiger partial charge in [0.15, 0.2) is 5.78 Å². The second-order valence-electron chi connectivity index (χ2n) is 5.44. The van der Waals surface area contributed by atoms with Gasteiger partial charge in [0.1, 0.15) is 12.4 Å². The summed E-state index contributed by atoms with van der Waals surface area (Å²) in [6.45, 7) is 0.384. The molecule has 0 saturated heterocycles. The third-order valence-corrected chi connectivity index (χ3v) is 4.35. The van der Waals surface area contributed by atoms with Crippen LogP contribution in [0.3, 0.4) is 0 Å². The van der Waals surface area contributed by atoms with E-state index in [2.05, 4.69) is 0 Å². The molecule has 0 N–H and O–H groups in total. The van der Waals surface area contributed by atoms with Gasteiger partial charge in [-0.25, -0.2) is 0 Å². The fourth-order valence-electron chi connectivity index (χ4n) is 3.01. The average molecular weight is 309 g/mol. The predicted octanol–water partition coefficient (Wildman–Crippen LogP) is 4.85. The Morgan fingerprint density at radius 2 is 1.82 bits per heavy atom. The first-order valence-electron chi connectivity index (χ1n) is 7.18. The van der Waals surface area contributed by atoms with E-state index in [-0.39, 0.29) is 11.7 Å². The van der Waals surface area contributed by atoms with Gasteiger partial charge >= 0.3 is 0 Å². The first-order valence-corrected chi connectivity index (χ1v) is 7.56. The van der Waals surface area contributed by atoms with Crippen LogP contribution in [0.1, 0.15) is 21.8 Å². The number of hydrogen-bond acceptors (Lipinski definition) is 2. The zero-order chi connectivity index (χ0) is 15.1. The fraction of sp³-hybridized carbons (Fsp3) is 0.105. The first-order chi connectivity index (χ1) is 10.7. The summed E-state index contributed by atoms with van der Waals surface area (Å²) in [5.41, 5.74) is 1.65. The summed E-state index contributed by atoms with van der Waals surface area (Å²) >= 11 is 6.05. The van der Waals surface area contributed by atoms with E-state index in [9.17, 15) is 4.79 Å². The number of hydrogen-bond donors (Lipinski definition) is 0. The molecule has 3 aromatic rings. The molecule has 0 radical (unpaired) electrons. The molecule has 0 saturated carbocycles. The lowest BCUT2D eigenvalue weighted by Gasteiger charge is -2.25. The molecule has 1 unspecified atom stereocenters. The van der Waals surface area contributed by atoms with Gasteiger partial charge in [-0.1, -0.05) is 54.1 Å². The Morgan fingerprint density at radius 1 is 1.00 bits per heavy atom. The normalized spacial score (nSPS) is 17.1. The molecule has 108 valence electrons. The summed E-state index contributed by atoms with van der Waals surface area (Å²) in [5.74, 6) is 0.516. The highest BCUT2D eigenvalue weighted by Gasteiger charge is 2.31. The molecule has 0 aromatic heterocycles. The van der Waals surface area contributed by atoms with E-state index in [1.165, 1.54) is 0 Å². The van der Waals surface area contributed by atoms with Crippen molar-refractivity contribution in [2.45, 2.75) is 5.92 Å². The number of carbonyl (C=O) groups excluding carboxylic acids is 1. The van der Waals surface area contributed by atoms with E-state index in [1.807, 2.05) is 60.7 Å². The minimum absolute atomic E-state index is 0.111. The summed E-state index contributed by atoms with van der Waals surface area (Å²) in [6, 6.07) is 19.2. The third kappa shape index (κ3) is 2.08. The molecule has 3 heteroatoms. The molecule has 0 bridgehead atoms. The Balaban J connectivity index is 1.89. The van der Waals surface area contributed by atoms with Crippen molar-refractivity contribution in [2.75, 3.05) is 6.61 Å². The van der Waals surface area contributed by atoms with Crippen molar-refractivity contribution in [1.82, 2.24) is 0 Å². The first kappa shape index (κ1) is 13.4. The second-order valence-corrected chi connectivity index (χ2v) is 5.88. The number of fused-ring (bicyclic) bond motifs is 3. The lowest BCUT2D eigenvalue weighted by molar-refractivity contribution is 0.0899. The van der Waals surface area contributed by atoms with Crippen LogP contribution in [-0.4, -0.2) is 12.4 Å². The van der Waals surface area contributed by atoms with Gasteiger partial charge in [0.2, 0.25) is 0 Å². The van der Waals surface area contributed by atoms with Crippen molar-refractivity contribution in [2.24, 2.45) is 0 Å². The predicted molar refractivity (Wildman–Crippen MR) is 88.0 cm³/mol. The Morgan fingerprint density at radius 3 is 2.64 bits per heavy atom. The lowest BCUT2D eigenvalue weighted by Crippen LogP contribution is -2.26. The zero-order valence-electron chi connectivity index (χ0n) is 11.8. The Bertz CT molecular complexity index is 871. The quantitative estimate of drug-likeness (QED) is 0.642. The minimum atomic E-state index is -0.255. The number of halogens is 1. The molecule has 1 heterocycles. The van der Waals surface area contributed by atoms with Gasteiger partial charge in [-0.15, -0.1) is 0 Å². The summed E-state index contributed by atoms with van der Waals surface area (Å²) < 4.78 is 5.85. The number of benzene rings is 3. The minimum Gasteiger partial charge on any atom is -0.492 e. The van der Waals surface area contributed by atoms with Gasteiger partial charge < -0.3 is 4.74 Å². The van der Waals surface area contributed by atoms with Crippen LogP contribution in [0.5, 0.6) is 5.75 Å². The summed E-state index contributed by atoms with van der Waals surface area (Å²) in [6.07, 6.45) is 0. The van der Waals surface area contributed by atoms with Gasteiger partial charge in [-0.3, -0.25) is 4.79 Å². The van der Waals surface area contributed by atoms with Crippen LogP contribution >= 0.6 is 11.6 Å². The summed E-state index contributed by atoms with van der Waals surface area (Å²) in [4.78, 5) is 13.0. The maximum absolute atomic E-state index is 13.0. The van der Waals surface area contributed by atoms with Crippen molar-refractivity contribution in [3.05, 3.63) is 76.8 Å². The fourth-order valence-corrected chi connectivity index (χ4v) is 3.19. The van der Waals surface area contributed by atoms with E-state index in [0.717, 1.165) is 16.3 Å². The lowest BCUT2D eigenvalue weighted by atomic mass is 9.86. The van der Waals surface area contributed by atoms with E-state index in [1.54, 1.807) is 0 Å². The van der Waals surface area contributed by atoms with Crippen molar-refractivity contribution < 1.29 is 9.53 Å². The van der Waals surface area contributed by atoms with E-state index >= 15 is 0 Å². The van der Waals surface area contributed by atoms with Crippen LogP contribution < -0.4 is 4.74 Å². The summed E-state index contributed by atoms with van der Waals surface area (Å²) in [7, 11) is 0. The average Bonchev–Trinajstić information content (AvgIpc) is 2.55. The monoisotopic (exact) mass is 308 g/mol. The summed E-state index contributed by atoms with van der Waals surface area (Å²) in [5, 5.41) is 2.51. The molecule has 0 amide bonds. The van der Waals surface area contributed by atoms with Gasteiger partial charge in [0.25, 0.3) is 0 Å². The van der Waals surface area contributed by atoms with Gasteiger partial charge in [0, 0.05) is 5.02 Å². The highest BCUT2D eigenvalue weighted by molar-refractivity contribution is 6.31. The van der Waals surface area contributed by atoms with Crippen LogP contribution in [-0.2, 0) is 0 Å². The SMILES string of the molecule is O=C1c2c(ccc3cc(Cl)ccc23)OCC1c1ccccc1. The van der Waals surface area contributed by atoms with E-state index in [0.29, 0.717) is 22.9 Å². The molecule has 0 fully saturated rings. The van der Waals surface area contributed by atoms with Crippen LogP contribution in [0.25, 0.3) is 10.8 Å². The number of Topliss-reactive ketones (excluding diaryl/α,β-unsaturated/α-hetero) is 1. The maximum atomic E-state index is 13.0. The van der Waals surface area contributed by atoms with Gasteiger partial charge in [-0.2, -0.15) is 0 Å². The molecule has 1 aliphatic heterocycles. The Kier molecular flexibility index (Phi) is 3.12. The number of rotatable bonds is 1. The second kappa shape index (κ2) is 5.15. The zero-order valence-corrected chi connectivity index (χ0v) is 12.5. The van der Waals surface area contributed by atoms with Crippen molar-refractivity contribution in [1.29, 1.82) is 0 Å². The standard InChI is InChI=1S/C19H13ClO2/c20-14-7-8-15-13(10-14)6-9-17-18(15)19(21)16(11-22-17)12-4-2-1-3-5-12/h1-10,16H,11H2. The molecule has 22 heavy (non-hydrogen) atoms. The van der Waals surface area contributed by atoms with E-state index in [4.69, 9.17) is 16.3 Å². The van der Waals surface area contributed by atoms with Crippen LogP contribution in [0.2, 0.25) is 5.02 Å². The molecule has 3 aromatic carbocycles. The van der Waals surface area contributed by atoms with Crippen molar-refractivity contribution in [3.63, 3.8) is 0 Å². The van der Waals surface area contributed by atoms with Crippen LogP contribution in [0, 0.1) is 0 Å². The topological polar surface area (TPSA) is 26.3 Å². The smallest absolute Gasteiger partial charge is 0.178 e. The van der Waals surface area contributed by atoms with Crippen molar-refractivity contribution >= 4 is 28.2 Å². The van der Waals surface area contributed by atoms with Crippen molar-refractivity contribution in [3.8, 4) is 5.75 Å².